The first kappa shape index (κ1) is 18.3. The molecule has 1 heterocycles. The van der Waals surface area contributed by atoms with Gasteiger partial charge in [-0.25, -0.2) is 0 Å². The van der Waals surface area contributed by atoms with Crippen LogP contribution in [-0.2, 0) is 0 Å². The SMILES string of the molecule is CSc1nc(SC)nc(Sc2cc(SC)c(C)c(SC)c2)n1. The molecule has 22 heavy (non-hydrogen) atoms. The van der Waals surface area contributed by atoms with Crippen molar-refractivity contribution in [1.82, 2.24) is 15.0 Å². The quantitative estimate of drug-likeness (QED) is 0.625. The van der Waals surface area contributed by atoms with Crippen molar-refractivity contribution < 1.29 is 0 Å². The molecule has 8 heteroatoms. The molecule has 0 aliphatic heterocycles. The molecule has 0 spiro atoms. The highest BCUT2D eigenvalue weighted by atomic mass is 32.2. The van der Waals surface area contributed by atoms with E-state index in [4.69, 9.17) is 0 Å². The predicted octanol–water partition coefficient (Wildman–Crippen LogP) is 5.22. The first-order valence-electron chi connectivity index (χ1n) is 6.35. The largest absolute Gasteiger partial charge is 0.197 e. The standard InChI is InChI=1S/C14H17N3S5/c1-8-10(18-2)6-9(7-11(8)19-3)22-14-16-12(20-4)15-13(17-14)21-5/h6-7H,1-5H3. The van der Waals surface area contributed by atoms with E-state index in [1.165, 1.54) is 20.2 Å². The Morgan fingerprint density at radius 2 is 1.14 bits per heavy atom. The van der Waals surface area contributed by atoms with E-state index in [0.29, 0.717) is 0 Å². The van der Waals surface area contributed by atoms with Crippen molar-refractivity contribution in [3.63, 3.8) is 0 Å². The van der Waals surface area contributed by atoms with Crippen molar-refractivity contribution in [2.45, 2.75) is 37.1 Å². The highest BCUT2D eigenvalue weighted by Crippen LogP contribution is 2.36. The minimum Gasteiger partial charge on any atom is -0.196 e. The summed E-state index contributed by atoms with van der Waals surface area (Å²) in [6.45, 7) is 2.17. The van der Waals surface area contributed by atoms with Crippen LogP contribution in [0.25, 0.3) is 0 Å². The molecule has 0 unspecified atom stereocenters. The van der Waals surface area contributed by atoms with Gasteiger partial charge in [0.15, 0.2) is 15.5 Å². The molecule has 0 atom stereocenters. The Bertz CT molecular complexity index is 616. The second-order valence-corrected chi connectivity index (χ2v) is 8.43. The summed E-state index contributed by atoms with van der Waals surface area (Å²) in [7, 11) is 0. The van der Waals surface area contributed by atoms with E-state index < -0.39 is 0 Å². The van der Waals surface area contributed by atoms with E-state index >= 15 is 0 Å². The fourth-order valence-corrected chi connectivity index (χ4v) is 5.02. The van der Waals surface area contributed by atoms with Crippen molar-refractivity contribution in [2.24, 2.45) is 0 Å². The average molecular weight is 388 g/mol. The smallest absolute Gasteiger partial charge is 0.196 e. The predicted molar refractivity (Wildman–Crippen MR) is 102 cm³/mol. The van der Waals surface area contributed by atoms with E-state index in [0.717, 1.165) is 15.5 Å². The Labute approximate surface area is 153 Å². The molecule has 0 bridgehead atoms. The van der Waals surface area contributed by atoms with Crippen LogP contribution in [0.5, 0.6) is 0 Å². The molecule has 0 fully saturated rings. The molecule has 2 aromatic rings. The summed E-state index contributed by atoms with van der Waals surface area (Å²) in [6.07, 6.45) is 8.19. The molecular weight excluding hydrogens is 371 g/mol. The Balaban J connectivity index is 2.38. The van der Waals surface area contributed by atoms with Gasteiger partial charge >= 0.3 is 0 Å². The molecule has 1 aromatic heterocycles. The summed E-state index contributed by atoms with van der Waals surface area (Å²) in [5.41, 5.74) is 1.34. The van der Waals surface area contributed by atoms with Crippen molar-refractivity contribution in [3.8, 4) is 0 Å². The van der Waals surface area contributed by atoms with Gasteiger partial charge in [0.1, 0.15) is 0 Å². The van der Waals surface area contributed by atoms with Gasteiger partial charge in [0.05, 0.1) is 0 Å². The van der Waals surface area contributed by atoms with Crippen LogP contribution in [0, 0.1) is 6.92 Å². The van der Waals surface area contributed by atoms with E-state index in [1.54, 1.807) is 58.8 Å². The van der Waals surface area contributed by atoms with Crippen molar-refractivity contribution >= 4 is 58.8 Å². The average Bonchev–Trinajstić information content (AvgIpc) is 2.55. The fraction of sp³-hybridized carbons (Fsp3) is 0.357. The molecule has 0 aliphatic carbocycles. The summed E-state index contributed by atoms with van der Waals surface area (Å²) in [6, 6.07) is 4.43. The molecule has 0 saturated carbocycles. The van der Waals surface area contributed by atoms with Crippen LogP contribution in [0.3, 0.4) is 0 Å². The lowest BCUT2D eigenvalue weighted by molar-refractivity contribution is 0.719. The Morgan fingerprint density at radius 1 is 0.682 bits per heavy atom. The van der Waals surface area contributed by atoms with Gasteiger partial charge in [-0.3, -0.25) is 0 Å². The zero-order valence-electron chi connectivity index (χ0n) is 13.0. The van der Waals surface area contributed by atoms with Crippen LogP contribution < -0.4 is 0 Å². The van der Waals surface area contributed by atoms with Gasteiger partial charge in [-0.1, -0.05) is 23.5 Å². The van der Waals surface area contributed by atoms with E-state index in [9.17, 15) is 0 Å². The van der Waals surface area contributed by atoms with Gasteiger partial charge in [-0.2, -0.15) is 15.0 Å². The second-order valence-electron chi connectivity index (χ2n) is 4.15. The number of aromatic nitrogens is 3. The van der Waals surface area contributed by atoms with Crippen LogP contribution in [0.15, 0.2) is 42.3 Å². The Kier molecular flexibility index (Phi) is 7.27. The molecule has 0 aliphatic rings. The summed E-state index contributed by atoms with van der Waals surface area (Å²) in [4.78, 5) is 17.2. The molecule has 0 amide bonds. The maximum absolute atomic E-state index is 4.51. The van der Waals surface area contributed by atoms with Crippen LogP contribution in [0.2, 0.25) is 0 Å². The molecule has 2 rings (SSSR count). The van der Waals surface area contributed by atoms with Gasteiger partial charge in [0, 0.05) is 14.7 Å². The summed E-state index contributed by atoms with van der Waals surface area (Å²) in [5, 5.41) is 2.29. The van der Waals surface area contributed by atoms with Gasteiger partial charge in [-0.15, -0.1) is 23.5 Å². The lowest BCUT2D eigenvalue weighted by Gasteiger charge is -2.11. The number of hydrogen-bond donors (Lipinski definition) is 0. The minimum absolute atomic E-state index is 0.756. The fourth-order valence-electron chi connectivity index (χ4n) is 1.78. The van der Waals surface area contributed by atoms with E-state index in [2.05, 4.69) is 46.5 Å². The van der Waals surface area contributed by atoms with Crippen molar-refractivity contribution in [2.75, 3.05) is 25.0 Å². The van der Waals surface area contributed by atoms with Crippen LogP contribution in [0.1, 0.15) is 5.56 Å². The molecule has 0 radical (unpaired) electrons. The lowest BCUT2D eigenvalue weighted by Crippen LogP contribution is -1.96. The first-order valence-corrected chi connectivity index (χ1v) is 12.1. The third-order valence-electron chi connectivity index (χ3n) is 2.87. The number of hydrogen-bond acceptors (Lipinski definition) is 8. The van der Waals surface area contributed by atoms with Gasteiger partial charge < -0.3 is 0 Å². The maximum Gasteiger partial charge on any atom is 0.197 e. The minimum atomic E-state index is 0.756. The van der Waals surface area contributed by atoms with Crippen LogP contribution in [-0.4, -0.2) is 40.0 Å². The normalized spacial score (nSPS) is 11.0. The Morgan fingerprint density at radius 3 is 1.55 bits per heavy atom. The lowest BCUT2D eigenvalue weighted by atomic mass is 10.2. The van der Waals surface area contributed by atoms with Gasteiger partial charge in [-0.05, 0) is 61.4 Å². The molecular formula is C14H17N3S5. The third kappa shape index (κ3) is 4.50. The monoisotopic (exact) mass is 387 g/mol. The van der Waals surface area contributed by atoms with Crippen molar-refractivity contribution in [1.29, 1.82) is 0 Å². The Hall–Kier alpha value is -0.0200. The molecule has 3 nitrogen and oxygen atoms in total. The molecule has 0 N–H and O–H groups in total. The topological polar surface area (TPSA) is 38.7 Å². The number of thioether (sulfide) groups is 4. The van der Waals surface area contributed by atoms with Crippen LogP contribution in [0.4, 0.5) is 0 Å². The summed E-state index contributed by atoms with van der Waals surface area (Å²) < 4.78 is 0. The maximum atomic E-state index is 4.51. The van der Waals surface area contributed by atoms with Crippen LogP contribution >= 0.6 is 58.8 Å². The zero-order valence-corrected chi connectivity index (χ0v) is 17.1. The molecule has 118 valence electrons. The number of rotatable bonds is 6. The highest BCUT2D eigenvalue weighted by Gasteiger charge is 2.11. The van der Waals surface area contributed by atoms with Crippen molar-refractivity contribution in [3.05, 3.63) is 17.7 Å². The number of benzene rings is 1. The first-order chi connectivity index (χ1) is 10.6. The van der Waals surface area contributed by atoms with E-state index in [1.807, 2.05) is 12.5 Å². The van der Waals surface area contributed by atoms with E-state index in [-0.39, 0.29) is 0 Å². The third-order valence-corrected chi connectivity index (χ3v) is 6.53. The zero-order chi connectivity index (χ0) is 16.1. The number of nitrogens with zero attached hydrogens (tertiary/aromatic N) is 3. The summed E-state index contributed by atoms with van der Waals surface area (Å²) >= 11 is 8.24. The highest BCUT2D eigenvalue weighted by molar-refractivity contribution is 8.00. The van der Waals surface area contributed by atoms with Gasteiger partial charge in [0.2, 0.25) is 0 Å². The van der Waals surface area contributed by atoms with Gasteiger partial charge in [0.25, 0.3) is 0 Å². The second kappa shape index (κ2) is 8.73. The molecule has 0 saturated heterocycles. The summed E-state index contributed by atoms with van der Waals surface area (Å²) in [5.74, 6) is 0. The molecule has 1 aromatic carbocycles.